The van der Waals surface area contributed by atoms with Crippen molar-refractivity contribution in [2.75, 3.05) is 6.79 Å². The Labute approximate surface area is 132 Å². The van der Waals surface area contributed by atoms with Gasteiger partial charge in [0.25, 0.3) is 5.91 Å². The molecule has 1 aromatic rings. The molecule has 0 aromatic heterocycles. The summed E-state index contributed by atoms with van der Waals surface area (Å²) >= 11 is 0. The van der Waals surface area contributed by atoms with Gasteiger partial charge < -0.3 is 19.7 Å². The molecule has 122 valence electrons. The van der Waals surface area contributed by atoms with E-state index in [-0.39, 0.29) is 31.5 Å². The average molecular weight is 319 g/mol. The molecule has 1 aliphatic carbocycles. The number of aliphatic hydroxyl groups excluding tert-OH is 2. The van der Waals surface area contributed by atoms with Gasteiger partial charge in [0.1, 0.15) is 0 Å². The number of nitrogens with zero attached hydrogens (tertiary/aromatic N) is 1. The number of hydrogen-bond donors (Lipinski definition) is 2. The Hall–Kier alpha value is -2.12. The van der Waals surface area contributed by atoms with Crippen LogP contribution in [-0.2, 0) is 4.79 Å². The van der Waals surface area contributed by atoms with Crippen molar-refractivity contribution in [3.05, 3.63) is 23.3 Å². The maximum atomic E-state index is 12.8. The van der Waals surface area contributed by atoms with Crippen LogP contribution in [0.3, 0.4) is 0 Å². The van der Waals surface area contributed by atoms with Gasteiger partial charge in [-0.15, -0.1) is 0 Å². The molecule has 3 aliphatic rings. The Bertz CT molecular complexity index is 702. The number of hydrogen-bond acceptors (Lipinski definition) is 6. The molecular formula is C16H17NO6. The summed E-state index contributed by atoms with van der Waals surface area (Å²) < 4.78 is 10.7. The number of amides is 2. The summed E-state index contributed by atoms with van der Waals surface area (Å²) in [7, 11) is 0. The van der Waals surface area contributed by atoms with Crippen molar-refractivity contribution in [1.82, 2.24) is 4.90 Å². The Morgan fingerprint density at radius 1 is 1.17 bits per heavy atom. The SMILES string of the molecule is CC(=O)N1C(=O)c2cc3c(cc2[C@H]2C[C@@H](O)[C@@H](O)C[C@@H]21)OCO3. The van der Waals surface area contributed by atoms with E-state index in [1.807, 2.05) is 0 Å². The second kappa shape index (κ2) is 4.94. The lowest BCUT2D eigenvalue weighted by Gasteiger charge is -2.46. The first-order valence-corrected chi connectivity index (χ1v) is 7.61. The quantitative estimate of drug-likeness (QED) is 0.718. The zero-order valence-corrected chi connectivity index (χ0v) is 12.6. The molecule has 0 bridgehead atoms. The van der Waals surface area contributed by atoms with Crippen molar-refractivity contribution in [2.45, 2.75) is 43.9 Å². The third-order valence-electron chi connectivity index (χ3n) is 4.95. The predicted octanol–water partition coefficient (Wildman–Crippen LogP) is 0.385. The van der Waals surface area contributed by atoms with Crippen LogP contribution in [0.2, 0.25) is 0 Å². The molecule has 1 saturated carbocycles. The summed E-state index contributed by atoms with van der Waals surface area (Å²) in [5, 5.41) is 20.0. The van der Waals surface area contributed by atoms with Crippen LogP contribution in [-0.4, -0.2) is 52.0 Å². The van der Waals surface area contributed by atoms with E-state index < -0.39 is 24.2 Å². The Morgan fingerprint density at radius 2 is 1.83 bits per heavy atom. The number of aliphatic hydroxyl groups is 2. The molecule has 0 radical (unpaired) electrons. The third kappa shape index (κ3) is 2.04. The molecule has 23 heavy (non-hydrogen) atoms. The Morgan fingerprint density at radius 3 is 2.52 bits per heavy atom. The highest BCUT2D eigenvalue weighted by Crippen LogP contribution is 2.46. The van der Waals surface area contributed by atoms with Crippen molar-refractivity contribution in [3.8, 4) is 11.5 Å². The third-order valence-corrected chi connectivity index (χ3v) is 4.95. The first-order valence-electron chi connectivity index (χ1n) is 7.61. The van der Waals surface area contributed by atoms with Gasteiger partial charge in [0.05, 0.1) is 12.2 Å². The lowest BCUT2D eigenvalue weighted by Crippen LogP contribution is -2.56. The fraction of sp³-hybridized carbons (Fsp3) is 0.500. The summed E-state index contributed by atoms with van der Waals surface area (Å²) in [6.45, 7) is 1.43. The molecule has 0 saturated heterocycles. The van der Waals surface area contributed by atoms with Crippen molar-refractivity contribution >= 4 is 11.8 Å². The van der Waals surface area contributed by atoms with Gasteiger partial charge in [-0.2, -0.15) is 0 Å². The molecule has 0 unspecified atom stereocenters. The first-order chi connectivity index (χ1) is 11.0. The van der Waals surface area contributed by atoms with Crippen molar-refractivity contribution in [1.29, 1.82) is 0 Å². The summed E-state index contributed by atoms with van der Waals surface area (Å²) in [4.78, 5) is 26.0. The van der Waals surface area contributed by atoms with Crippen LogP contribution >= 0.6 is 0 Å². The van der Waals surface area contributed by atoms with Gasteiger partial charge in [0.15, 0.2) is 11.5 Å². The number of carbonyl (C=O) groups is 2. The Kier molecular flexibility index (Phi) is 3.11. The monoisotopic (exact) mass is 319 g/mol. The van der Waals surface area contributed by atoms with Gasteiger partial charge in [0, 0.05) is 24.4 Å². The summed E-state index contributed by atoms with van der Waals surface area (Å²) in [6, 6.07) is 2.91. The number of rotatable bonds is 0. The molecule has 4 rings (SSSR count). The van der Waals surface area contributed by atoms with Gasteiger partial charge in [-0.05, 0) is 30.5 Å². The minimum absolute atomic E-state index is 0.0955. The van der Waals surface area contributed by atoms with Crippen molar-refractivity contribution in [2.24, 2.45) is 0 Å². The fourth-order valence-corrected chi connectivity index (χ4v) is 3.87. The van der Waals surface area contributed by atoms with E-state index in [0.29, 0.717) is 17.1 Å². The van der Waals surface area contributed by atoms with Crippen LogP contribution in [0, 0.1) is 0 Å². The molecule has 7 nitrogen and oxygen atoms in total. The first kappa shape index (κ1) is 14.5. The fourth-order valence-electron chi connectivity index (χ4n) is 3.87. The number of carbonyl (C=O) groups excluding carboxylic acids is 2. The van der Waals surface area contributed by atoms with E-state index >= 15 is 0 Å². The lowest BCUT2D eigenvalue weighted by molar-refractivity contribution is -0.131. The number of imide groups is 1. The van der Waals surface area contributed by atoms with Gasteiger partial charge in [-0.1, -0.05) is 0 Å². The van der Waals surface area contributed by atoms with Crippen LogP contribution in [0.25, 0.3) is 0 Å². The highest BCUT2D eigenvalue weighted by molar-refractivity contribution is 6.07. The van der Waals surface area contributed by atoms with Gasteiger partial charge in [-0.25, -0.2) is 0 Å². The maximum absolute atomic E-state index is 12.8. The second-order valence-electron chi connectivity index (χ2n) is 6.27. The summed E-state index contributed by atoms with van der Waals surface area (Å²) in [6.07, 6.45) is -1.36. The van der Waals surface area contributed by atoms with E-state index in [2.05, 4.69) is 0 Å². The predicted molar refractivity (Wildman–Crippen MR) is 77.2 cm³/mol. The molecule has 1 fully saturated rings. The van der Waals surface area contributed by atoms with Gasteiger partial charge in [-0.3, -0.25) is 14.5 Å². The normalized spacial score (nSPS) is 31.6. The molecule has 4 atom stereocenters. The highest BCUT2D eigenvalue weighted by Gasteiger charge is 2.47. The molecule has 2 aliphatic heterocycles. The zero-order valence-electron chi connectivity index (χ0n) is 12.6. The Balaban J connectivity index is 1.86. The molecule has 2 amide bonds. The van der Waals surface area contributed by atoms with Gasteiger partial charge >= 0.3 is 0 Å². The van der Waals surface area contributed by atoms with Crippen LogP contribution in [0.4, 0.5) is 0 Å². The highest BCUT2D eigenvalue weighted by atomic mass is 16.7. The zero-order chi connectivity index (χ0) is 16.3. The largest absolute Gasteiger partial charge is 0.454 e. The van der Waals surface area contributed by atoms with Crippen LogP contribution in [0.15, 0.2) is 12.1 Å². The molecular weight excluding hydrogens is 302 g/mol. The van der Waals surface area contributed by atoms with E-state index in [1.54, 1.807) is 12.1 Å². The molecule has 7 heteroatoms. The molecule has 2 N–H and O–H groups in total. The average Bonchev–Trinajstić information content (AvgIpc) is 2.95. The van der Waals surface area contributed by atoms with Gasteiger partial charge in [0.2, 0.25) is 12.7 Å². The number of ether oxygens (including phenoxy) is 2. The smallest absolute Gasteiger partial charge is 0.261 e. The second-order valence-corrected chi connectivity index (χ2v) is 6.27. The number of benzene rings is 1. The maximum Gasteiger partial charge on any atom is 0.261 e. The molecule has 1 aromatic carbocycles. The van der Waals surface area contributed by atoms with Crippen molar-refractivity contribution in [3.63, 3.8) is 0 Å². The van der Waals surface area contributed by atoms with E-state index in [1.165, 1.54) is 11.8 Å². The molecule has 0 spiro atoms. The number of fused-ring (bicyclic) bond motifs is 4. The molecule has 2 heterocycles. The van der Waals surface area contributed by atoms with Crippen LogP contribution < -0.4 is 9.47 Å². The van der Waals surface area contributed by atoms with Crippen LogP contribution in [0.1, 0.15) is 41.6 Å². The van der Waals surface area contributed by atoms with E-state index in [9.17, 15) is 19.8 Å². The minimum atomic E-state index is -0.943. The van der Waals surface area contributed by atoms with Crippen LogP contribution in [0.5, 0.6) is 11.5 Å². The van der Waals surface area contributed by atoms with Crippen molar-refractivity contribution < 1.29 is 29.3 Å². The minimum Gasteiger partial charge on any atom is -0.454 e. The topological polar surface area (TPSA) is 96.3 Å². The standard InChI is InChI=1S/C16H17NO6/c1-7(18)17-11-5-13(20)12(19)2-9(11)8-3-14-15(23-6-22-14)4-10(8)16(17)21/h3-4,9,11-13,19-20H,2,5-6H2,1H3/t9-,11+,12-,13+/m1/s1. The van der Waals surface area contributed by atoms with E-state index in [4.69, 9.17) is 9.47 Å². The summed E-state index contributed by atoms with van der Waals surface area (Å²) in [5.41, 5.74) is 1.14. The summed E-state index contributed by atoms with van der Waals surface area (Å²) in [5.74, 6) is 0.0645. The van der Waals surface area contributed by atoms with E-state index in [0.717, 1.165) is 5.56 Å². The lowest BCUT2D eigenvalue weighted by atomic mass is 9.72.